The molecule has 0 amide bonds. The van der Waals surface area contributed by atoms with Crippen LogP contribution in [0.3, 0.4) is 0 Å². The maximum Gasteiger partial charge on any atom is 0.131 e. The van der Waals surface area contributed by atoms with E-state index in [0.29, 0.717) is 5.15 Å². The molecule has 0 bridgehead atoms. The number of halogens is 1. The first-order valence-electron chi connectivity index (χ1n) is 6.68. The number of aryl methyl sites for hydroxylation is 2. The smallest absolute Gasteiger partial charge is 0.131 e. The molecular weight excluding hydrogens is 286 g/mol. The van der Waals surface area contributed by atoms with Gasteiger partial charge in [-0.1, -0.05) is 29.8 Å². The normalized spacial score (nSPS) is 11.1. The first kappa shape index (κ1) is 15.5. The number of aromatic nitrogens is 2. The van der Waals surface area contributed by atoms with Crippen molar-refractivity contribution in [2.75, 3.05) is 7.05 Å². The summed E-state index contributed by atoms with van der Waals surface area (Å²) in [6.07, 6.45) is 0. The number of benzene rings is 1. The lowest BCUT2D eigenvalue weighted by atomic mass is 10.1. The van der Waals surface area contributed by atoms with E-state index >= 15 is 0 Å². The van der Waals surface area contributed by atoms with Crippen molar-refractivity contribution in [3.63, 3.8) is 0 Å². The highest BCUT2D eigenvalue weighted by molar-refractivity contribution is 6.30. The molecular formula is C15H20ClN5. The zero-order valence-electron chi connectivity index (χ0n) is 12.5. The Kier molecular flexibility index (Phi) is 4.65. The van der Waals surface area contributed by atoms with Crippen LogP contribution in [0.25, 0.3) is 0 Å². The lowest BCUT2D eigenvalue weighted by Gasteiger charge is -2.17. The fourth-order valence-electron chi connectivity index (χ4n) is 2.33. The first-order valence-corrected chi connectivity index (χ1v) is 7.06. The second-order valence-electron chi connectivity index (χ2n) is 5.26. The predicted molar refractivity (Wildman–Crippen MR) is 85.6 cm³/mol. The summed E-state index contributed by atoms with van der Waals surface area (Å²) in [6.45, 7) is 3.44. The summed E-state index contributed by atoms with van der Waals surface area (Å²) >= 11 is 6.26. The van der Waals surface area contributed by atoms with Crippen LogP contribution in [0.4, 0.5) is 0 Å². The van der Waals surface area contributed by atoms with E-state index in [-0.39, 0.29) is 5.84 Å². The molecule has 0 saturated carbocycles. The number of hydrogen-bond acceptors (Lipinski definition) is 3. The van der Waals surface area contributed by atoms with Crippen LogP contribution in [0.15, 0.2) is 24.3 Å². The van der Waals surface area contributed by atoms with E-state index in [2.05, 4.69) is 10.00 Å². The van der Waals surface area contributed by atoms with Gasteiger partial charge in [0.25, 0.3) is 0 Å². The third kappa shape index (κ3) is 3.62. The maximum absolute atomic E-state index is 7.49. The Morgan fingerprint density at radius 3 is 2.71 bits per heavy atom. The molecule has 5 nitrogen and oxygen atoms in total. The molecule has 2 aromatic rings. The van der Waals surface area contributed by atoms with Crippen molar-refractivity contribution in [1.82, 2.24) is 14.7 Å². The van der Waals surface area contributed by atoms with Crippen LogP contribution >= 0.6 is 11.6 Å². The summed E-state index contributed by atoms with van der Waals surface area (Å²) in [5.74, 6) is 0.0886. The van der Waals surface area contributed by atoms with Crippen molar-refractivity contribution in [1.29, 1.82) is 5.41 Å². The second kappa shape index (κ2) is 6.28. The van der Waals surface area contributed by atoms with Gasteiger partial charge in [0.15, 0.2) is 0 Å². The minimum atomic E-state index is 0.0886. The number of nitrogens with zero attached hydrogens (tertiary/aromatic N) is 3. The summed E-state index contributed by atoms with van der Waals surface area (Å²) < 4.78 is 1.69. The molecule has 1 aromatic heterocycles. The van der Waals surface area contributed by atoms with E-state index < -0.39 is 0 Å². The van der Waals surface area contributed by atoms with E-state index in [1.807, 2.05) is 45.3 Å². The van der Waals surface area contributed by atoms with E-state index in [0.717, 1.165) is 35.5 Å². The van der Waals surface area contributed by atoms with Gasteiger partial charge in [0.1, 0.15) is 11.0 Å². The topological polar surface area (TPSA) is 70.9 Å². The summed E-state index contributed by atoms with van der Waals surface area (Å²) in [6, 6.07) is 7.73. The van der Waals surface area contributed by atoms with Crippen molar-refractivity contribution >= 4 is 17.4 Å². The molecule has 3 N–H and O–H groups in total. The Hall–Kier alpha value is -1.85. The Bertz CT molecular complexity index is 662. The Morgan fingerprint density at radius 2 is 2.14 bits per heavy atom. The third-order valence-corrected chi connectivity index (χ3v) is 3.86. The Labute approximate surface area is 129 Å². The molecule has 0 aliphatic heterocycles. The molecule has 0 spiro atoms. The van der Waals surface area contributed by atoms with Gasteiger partial charge in [-0.3, -0.25) is 15.0 Å². The van der Waals surface area contributed by atoms with Crippen molar-refractivity contribution in [2.24, 2.45) is 12.8 Å². The minimum Gasteiger partial charge on any atom is -0.384 e. The summed E-state index contributed by atoms with van der Waals surface area (Å²) in [7, 11) is 3.87. The molecule has 0 atom stereocenters. The molecule has 0 fully saturated rings. The first-order chi connectivity index (χ1) is 9.88. The molecule has 1 heterocycles. The molecule has 112 valence electrons. The van der Waals surface area contributed by atoms with Crippen LogP contribution in [0.1, 0.15) is 22.4 Å². The van der Waals surface area contributed by atoms with Gasteiger partial charge in [0.05, 0.1) is 5.69 Å². The van der Waals surface area contributed by atoms with Crippen LogP contribution < -0.4 is 5.73 Å². The summed E-state index contributed by atoms with van der Waals surface area (Å²) in [5.41, 5.74) is 9.38. The van der Waals surface area contributed by atoms with Crippen molar-refractivity contribution < 1.29 is 0 Å². The number of nitrogen functional groups attached to an aromatic ring is 1. The Morgan fingerprint density at radius 1 is 1.43 bits per heavy atom. The van der Waals surface area contributed by atoms with E-state index in [1.165, 1.54) is 0 Å². The van der Waals surface area contributed by atoms with Gasteiger partial charge < -0.3 is 5.73 Å². The lowest BCUT2D eigenvalue weighted by molar-refractivity contribution is 0.318. The summed E-state index contributed by atoms with van der Waals surface area (Å²) in [4.78, 5) is 2.16. The monoisotopic (exact) mass is 305 g/mol. The van der Waals surface area contributed by atoms with E-state index in [4.69, 9.17) is 22.7 Å². The number of rotatable bonds is 5. The highest BCUT2D eigenvalue weighted by atomic mass is 35.5. The zero-order valence-corrected chi connectivity index (χ0v) is 13.3. The molecule has 0 aliphatic carbocycles. The fraction of sp³-hybridized carbons (Fsp3) is 0.333. The average Bonchev–Trinajstić information content (AvgIpc) is 2.65. The van der Waals surface area contributed by atoms with Gasteiger partial charge in [-0.05, 0) is 25.6 Å². The number of amidine groups is 1. The molecule has 6 heteroatoms. The van der Waals surface area contributed by atoms with Crippen LogP contribution in [-0.4, -0.2) is 27.6 Å². The molecule has 0 aliphatic rings. The molecule has 0 saturated heterocycles. The van der Waals surface area contributed by atoms with Crippen LogP contribution in [-0.2, 0) is 20.1 Å². The highest BCUT2D eigenvalue weighted by Crippen LogP contribution is 2.20. The van der Waals surface area contributed by atoms with Crippen LogP contribution in [0.2, 0.25) is 5.15 Å². The van der Waals surface area contributed by atoms with Gasteiger partial charge in [-0.15, -0.1) is 0 Å². The highest BCUT2D eigenvalue weighted by Gasteiger charge is 2.13. The standard InChI is InChI=1S/C15H20ClN5/c1-10-13(14(16)21(3)19-10)9-20(2)8-11-5-4-6-12(7-11)15(17)18/h4-7H,8-9H2,1-3H3,(H3,17,18). The fourth-order valence-corrected chi connectivity index (χ4v) is 2.56. The van der Waals surface area contributed by atoms with Crippen LogP contribution in [0.5, 0.6) is 0 Å². The Balaban J connectivity index is 2.09. The molecule has 0 radical (unpaired) electrons. The number of hydrogen-bond donors (Lipinski definition) is 2. The second-order valence-corrected chi connectivity index (χ2v) is 5.62. The van der Waals surface area contributed by atoms with E-state index in [9.17, 15) is 0 Å². The van der Waals surface area contributed by atoms with Gasteiger partial charge >= 0.3 is 0 Å². The van der Waals surface area contributed by atoms with Crippen molar-refractivity contribution in [3.05, 3.63) is 51.8 Å². The van der Waals surface area contributed by atoms with Crippen molar-refractivity contribution in [3.8, 4) is 0 Å². The van der Waals surface area contributed by atoms with Gasteiger partial charge in [-0.2, -0.15) is 5.10 Å². The predicted octanol–water partition coefficient (Wildman–Crippen LogP) is 2.30. The molecule has 0 unspecified atom stereocenters. The zero-order chi connectivity index (χ0) is 15.6. The van der Waals surface area contributed by atoms with Crippen LogP contribution in [0, 0.1) is 12.3 Å². The summed E-state index contributed by atoms with van der Waals surface area (Å²) in [5, 5.41) is 12.5. The number of nitrogens with one attached hydrogen (secondary N) is 1. The minimum absolute atomic E-state index is 0.0886. The average molecular weight is 306 g/mol. The largest absolute Gasteiger partial charge is 0.384 e. The van der Waals surface area contributed by atoms with Gasteiger partial charge in [-0.25, -0.2) is 0 Å². The SMILES string of the molecule is Cc1nn(C)c(Cl)c1CN(C)Cc1cccc(C(=N)N)c1. The maximum atomic E-state index is 7.49. The van der Waals surface area contributed by atoms with E-state index in [1.54, 1.807) is 4.68 Å². The molecule has 2 rings (SSSR count). The lowest BCUT2D eigenvalue weighted by Crippen LogP contribution is -2.18. The van der Waals surface area contributed by atoms with Crippen molar-refractivity contribution in [2.45, 2.75) is 20.0 Å². The molecule has 1 aromatic carbocycles. The number of nitrogens with two attached hydrogens (primary N) is 1. The van der Waals surface area contributed by atoms with Gasteiger partial charge in [0, 0.05) is 31.3 Å². The third-order valence-electron chi connectivity index (χ3n) is 3.39. The quantitative estimate of drug-likeness (QED) is 0.658. The molecule has 21 heavy (non-hydrogen) atoms. The van der Waals surface area contributed by atoms with Gasteiger partial charge in [0.2, 0.25) is 0 Å².